The fraction of sp³-hybridized carbons (Fsp3) is 0.367. The summed E-state index contributed by atoms with van der Waals surface area (Å²) >= 11 is 0. The molecule has 2 aromatic carbocycles. The Balaban J connectivity index is 1.21. The summed E-state index contributed by atoms with van der Waals surface area (Å²) in [4.78, 5) is 32.4. The maximum absolute atomic E-state index is 13.4. The predicted molar refractivity (Wildman–Crippen MR) is 148 cm³/mol. The lowest BCUT2D eigenvalue weighted by Crippen LogP contribution is -2.40. The van der Waals surface area contributed by atoms with Gasteiger partial charge in [0.2, 0.25) is 0 Å². The van der Waals surface area contributed by atoms with Gasteiger partial charge in [-0.05, 0) is 54.7 Å². The number of amides is 2. The van der Waals surface area contributed by atoms with Crippen LogP contribution in [0.4, 0.5) is 5.69 Å². The molecule has 0 spiro atoms. The Morgan fingerprint density at radius 1 is 0.974 bits per heavy atom. The minimum atomic E-state index is -0.207. The summed E-state index contributed by atoms with van der Waals surface area (Å²) < 4.78 is 7.26. The molecule has 2 fully saturated rings. The fourth-order valence-electron chi connectivity index (χ4n) is 5.64. The number of hydrogen-bond donors (Lipinski definition) is 1. The van der Waals surface area contributed by atoms with Crippen molar-refractivity contribution in [2.45, 2.75) is 44.9 Å². The second kappa shape index (κ2) is 10.9. The number of aromatic nitrogens is 4. The Kier molecular flexibility index (Phi) is 7.06. The predicted octanol–water partition coefficient (Wildman–Crippen LogP) is 4.87. The zero-order valence-corrected chi connectivity index (χ0v) is 22.1. The topological polar surface area (TPSA) is 102 Å². The third kappa shape index (κ3) is 5.14. The number of carbonyl (C=O) groups excluding carboxylic acids is 2. The van der Waals surface area contributed by atoms with Crippen molar-refractivity contribution in [2.24, 2.45) is 0 Å². The maximum Gasteiger partial charge on any atom is 0.256 e. The van der Waals surface area contributed by atoms with Crippen LogP contribution in [0.3, 0.4) is 0 Å². The molecule has 6 rings (SSSR count). The highest BCUT2D eigenvalue weighted by atomic mass is 16.5. The van der Waals surface area contributed by atoms with Crippen molar-refractivity contribution in [3.8, 4) is 11.1 Å². The smallest absolute Gasteiger partial charge is 0.256 e. The monoisotopic (exact) mass is 524 g/mol. The van der Waals surface area contributed by atoms with Crippen molar-refractivity contribution < 1.29 is 14.3 Å². The molecule has 1 saturated heterocycles. The van der Waals surface area contributed by atoms with E-state index < -0.39 is 0 Å². The van der Waals surface area contributed by atoms with Gasteiger partial charge in [0.25, 0.3) is 17.6 Å². The van der Waals surface area contributed by atoms with Crippen LogP contribution in [0.15, 0.2) is 54.9 Å². The van der Waals surface area contributed by atoms with Crippen LogP contribution in [-0.2, 0) is 4.74 Å². The molecule has 4 aromatic rings. The third-order valence-electron chi connectivity index (χ3n) is 7.84. The number of rotatable bonds is 5. The van der Waals surface area contributed by atoms with Crippen molar-refractivity contribution in [1.82, 2.24) is 24.5 Å². The molecule has 1 aliphatic heterocycles. The molecule has 2 amide bonds. The normalized spacial score (nSPS) is 16.4. The summed E-state index contributed by atoms with van der Waals surface area (Å²) in [6, 6.07) is 13.3. The molecular weight excluding hydrogens is 492 g/mol. The van der Waals surface area contributed by atoms with E-state index in [9.17, 15) is 9.59 Å². The largest absolute Gasteiger partial charge is 0.378 e. The van der Waals surface area contributed by atoms with E-state index in [1.54, 1.807) is 6.20 Å². The van der Waals surface area contributed by atoms with E-state index >= 15 is 0 Å². The molecule has 0 radical (unpaired) electrons. The van der Waals surface area contributed by atoms with Gasteiger partial charge in [-0.1, -0.05) is 43.5 Å². The highest BCUT2D eigenvalue weighted by Crippen LogP contribution is 2.32. The van der Waals surface area contributed by atoms with Crippen LogP contribution in [0.5, 0.6) is 0 Å². The summed E-state index contributed by atoms with van der Waals surface area (Å²) in [5.74, 6) is 1.64. The first kappa shape index (κ1) is 25.2. The zero-order chi connectivity index (χ0) is 26.8. The SMILES string of the molecule is Cc1c(C(=O)Nc2cnc3nnc(C4CCCCC4)n3c2)cccc1-c1ccc(C(=O)N2CCOCC2)cc1. The van der Waals surface area contributed by atoms with Crippen LogP contribution in [0.25, 0.3) is 16.9 Å². The lowest BCUT2D eigenvalue weighted by atomic mass is 9.89. The van der Waals surface area contributed by atoms with E-state index in [2.05, 4.69) is 20.5 Å². The molecule has 3 heterocycles. The molecule has 200 valence electrons. The van der Waals surface area contributed by atoms with Gasteiger partial charge in [0.1, 0.15) is 5.82 Å². The first-order chi connectivity index (χ1) is 19.1. The maximum atomic E-state index is 13.4. The summed E-state index contributed by atoms with van der Waals surface area (Å²) in [5.41, 5.74) is 4.59. The number of anilines is 1. The zero-order valence-electron chi connectivity index (χ0n) is 22.1. The van der Waals surface area contributed by atoms with Crippen LogP contribution in [0.1, 0.15) is 70.1 Å². The number of ether oxygens (including phenoxy) is 1. The van der Waals surface area contributed by atoms with Crippen LogP contribution >= 0.6 is 0 Å². The van der Waals surface area contributed by atoms with Crippen LogP contribution in [0, 0.1) is 6.92 Å². The fourth-order valence-corrected chi connectivity index (χ4v) is 5.64. The van der Waals surface area contributed by atoms with Gasteiger partial charge < -0.3 is 15.0 Å². The Morgan fingerprint density at radius 2 is 1.74 bits per heavy atom. The molecule has 2 aromatic heterocycles. The van der Waals surface area contributed by atoms with Gasteiger partial charge in [-0.25, -0.2) is 4.98 Å². The second-order valence-corrected chi connectivity index (χ2v) is 10.3. The molecule has 9 heteroatoms. The molecule has 0 unspecified atom stereocenters. The third-order valence-corrected chi connectivity index (χ3v) is 7.84. The lowest BCUT2D eigenvalue weighted by molar-refractivity contribution is 0.0303. The van der Waals surface area contributed by atoms with Gasteiger partial charge in [0, 0.05) is 36.3 Å². The molecule has 0 atom stereocenters. The van der Waals surface area contributed by atoms with E-state index in [1.807, 2.05) is 64.9 Å². The van der Waals surface area contributed by atoms with Crippen molar-refractivity contribution in [2.75, 3.05) is 31.6 Å². The van der Waals surface area contributed by atoms with Crippen molar-refractivity contribution in [1.29, 1.82) is 0 Å². The molecule has 1 N–H and O–H groups in total. The number of hydrogen-bond acceptors (Lipinski definition) is 6. The highest BCUT2D eigenvalue weighted by molar-refractivity contribution is 6.06. The van der Waals surface area contributed by atoms with Crippen LogP contribution in [0.2, 0.25) is 0 Å². The van der Waals surface area contributed by atoms with E-state index in [0.29, 0.717) is 54.8 Å². The second-order valence-electron chi connectivity index (χ2n) is 10.3. The van der Waals surface area contributed by atoms with Gasteiger partial charge in [-0.3, -0.25) is 14.0 Å². The van der Waals surface area contributed by atoms with Gasteiger partial charge >= 0.3 is 0 Å². The van der Waals surface area contributed by atoms with Gasteiger partial charge in [-0.2, -0.15) is 0 Å². The number of morpholine rings is 1. The Hall–Kier alpha value is -4.11. The van der Waals surface area contributed by atoms with Crippen LogP contribution < -0.4 is 5.32 Å². The van der Waals surface area contributed by atoms with Crippen molar-refractivity contribution in [3.05, 3.63) is 77.4 Å². The highest BCUT2D eigenvalue weighted by Gasteiger charge is 2.22. The summed E-state index contributed by atoms with van der Waals surface area (Å²) in [6.07, 6.45) is 9.36. The van der Waals surface area contributed by atoms with Gasteiger partial charge in [0.05, 0.1) is 25.1 Å². The van der Waals surface area contributed by atoms with Gasteiger partial charge in [0.15, 0.2) is 0 Å². The Morgan fingerprint density at radius 3 is 2.51 bits per heavy atom. The first-order valence-electron chi connectivity index (χ1n) is 13.7. The van der Waals surface area contributed by atoms with Crippen molar-refractivity contribution in [3.63, 3.8) is 0 Å². The quantitative estimate of drug-likeness (QED) is 0.400. The first-order valence-corrected chi connectivity index (χ1v) is 13.7. The average Bonchev–Trinajstić information content (AvgIpc) is 3.41. The summed E-state index contributed by atoms with van der Waals surface area (Å²) in [6.45, 7) is 4.31. The summed E-state index contributed by atoms with van der Waals surface area (Å²) in [5, 5.41) is 11.7. The molecular formula is C30H32N6O3. The van der Waals surface area contributed by atoms with Crippen molar-refractivity contribution >= 4 is 23.3 Å². The molecule has 1 aliphatic carbocycles. The Bertz CT molecular complexity index is 1500. The molecule has 39 heavy (non-hydrogen) atoms. The molecule has 2 aliphatic rings. The van der Waals surface area contributed by atoms with E-state index in [4.69, 9.17) is 4.74 Å². The average molecular weight is 525 g/mol. The number of carbonyl (C=O) groups is 2. The molecule has 0 bridgehead atoms. The Labute approximate surface area is 227 Å². The van der Waals surface area contributed by atoms with E-state index in [-0.39, 0.29) is 11.8 Å². The minimum Gasteiger partial charge on any atom is -0.378 e. The number of nitrogens with zero attached hydrogens (tertiary/aromatic N) is 5. The van der Waals surface area contributed by atoms with E-state index in [1.165, 1.54) is 19.3 Å². The van der Waals surface area contributed by atoms with Crippen LogP contribution in [-0.4, -0.2) is 62.6 Å². The number of nitrogens with one attached hydrogen (secondary N) is 1. The number of benzene rings is 2. The number of fused-ring (bicyclic) bond motifs is 1. The lowest BCUT2D eigenvalue weighted by Gasteiger charge is -2.26. The molecule has 1 saturated carbocycles. The minimum absolute atomic E-state index is 0.0139. The standard InChI is InChI=1S/C30H32N6O3/c1-20-25(21-10-12-23(13-11-21)29(38)35-14-16-39-17-15-35)8-5-9-26(20)28(37)32-24-18-31-30-34-33-27(36(30)19-24)22-6-3-2-4-7-22/h5,8-13,18-19,22H,2-4,6-7,14-17H2,1H3,(H,32,37). The summed E-state index contributed by atoms with van der Waals surface area (Å²) in [7, 11) is 0. The van der Waals surface area contributed by atoms with E-state index in [0.717, 1.165) is 35.4 Å². The molecule has 9 nitrogen and oxygen atoms in total. The van der Waals surface area contributed by atoms with Gasteiger partial charge in [-0.15, -0.1) is 10.2 Å².